The summed E-state index contributed by atoms with van der Waals surface area (Å²) in [5.41, 5.74) is 2.34. The molecule has 2 aromatic heterocycles. The highest BCUT2D eigenvalue weighted by Gasteiger charge is 2.18. The third-order valence-electron chi connectivity index (χ3n) is 4.41. The molecule has 8 heteroatoms. The van der Waals surface area contributed by atoms with E-state index in [1.807, 2.05) is 54.4 Å². The van der Waals surface area contributed by atoms with Crippen LogP contribution in [0.2, 0.25) is 5.02 Å². The van der Waals surface area contributed by atoms with E-state index in [1.54, 1.807) is 14.2 Å². The van der Waals surface area contributed by atoms with Gasteiger partial charge in [-0.15, -0.1) is 0 Å². The van der Waals surface area contributed by atoms with Crippen molar-refractivity contribution in [2.75, 3.05) is 26.2 Å². The molecule has 0 aliphatic heterocycles. The third kappa shape index (κ3) is 3.20. The molecule has 4 rings (SSSR count). The van der Waals surface area contributed by atoms with Crippen molar-refractivity contribution in [2.45, 2.75) is 0 Å². The highest BCUT2D eigenvalue weighted by Crippen LogP contribution is 2.36. The summed E-state index contributed by atoms with van der Waals surface area (Å²) in [7, 11) is 5.03. The van der Waals surface area contributed by atoms with Crippen LogP contribution in [0.25, 0.3) is 22.2 Å². The van der Waals surface area contributed by atoms with Crippen LogP contribution in [0.5, 0.6) is 11.5 Å². The lowest BCUT2D eigenvalue weighted by molar-refractivity contribution is 0.356. The van der Waals surface area contributed by atoms with Gasteiger partial charge in [-0.25, -0.2) is 9.97 Å². The van der Waals surface area contributed by atoms with Crippen molar-refractivity contribution < 1.29 is 14.0 Å². The van der Waals surface area contributed by atoms with Crippen molar-refractivity contribution in [3.63, 3.8) is 0 Å². The molecule has 28 heavy (non-hydrogen) atoms. The van der Waals surface area contributed by atoms with E-state index in [0.717, 1.165) is 16.5 Å². The second-order valence-corrected chi connectivity index (χ2v) is 6.47. The van der Waals surface area contributed by atoms with Crippen molar-refractivity contribution in [1.29, 1.82) is 0 Å². The number of fused-ring (bicyclic) bond motifs is 1. The molecule has 0 spiro atoms. The summed E-state index contributed by atoms with van der Waals surface area (Å²) in [6, 6.07) is 12.9. The van der Waals surface area contributed by atoms with E-state index in [1.165, 1.54) is 6.33 Å². The van der Waals surface area contributed by atoms with Gasteiger partial charge in [0, 0.05) is 35.2 Å². The van der Waals surface area contributed by atoms with Gasteiger partial charge >= 0.3 is 0 Å². The fraction of sp³-hybridized carbons (Fsp3) is 0.150. The van der Waals surface area contributed by atoms with Crippen molar-refractivity contribution in [3.05, 3.63) is 53.8 Å². The fourth-order valence-electron chi connectivity index (χ4n) is 2.92. The van der Waals surface area contributed by atoms with Crippen LogP contribution in [0, 0.1) is 0 Å². The number of benzene rings is 2. The summed E-state index contributed by atoms with van der Waals surface area (Å²) in [5.74, 6) is 2.40. The molecule has 0 aliphatic rings. The number of hydrogen-bond acceptors (Lipinski definition) is 7. The number of anilines is 2. The number of ether oxygens (including phenoxy) is 2. The minimum Gasteiger partial charge on any atom is -0.493 e. The predicted molar refractivity (Wildman–Crippen MR) is 108 cm³/mol. The van der Waals surface area contributed by atoms with E-state index in [-0.39, 0.29) is 0 Å². The maximum absolute atomic E-state index is 5.95. The van der Waals surface area contributed by atoms with E-state index in [4.69, 9.17) is 25.6 Å². The van der Waals surface area contributed by atoms with Crippen LogP contribution in [0.1, 0.15) is 0 Å². The van der Waals surface area contributed by atoms with E-state index in [9.17, 15) is 0 Å². The summed E-state index contributed by atoms with van der Waals surface area (Å²) in [6.45, 7) is 0. The van der Waals surface area contributed by atoms with Gasteiger partial charge in [0.1, 0.15) is 17.8 Å². The Kier molecular flexibility index (Phi) is 4.75. The number of nitrogens with zero attached hydrogens (tertiary/aromatic N) is 4. The van der Waals surface area contributed by atoms with Gasteiger partial charge in [-0.05, 0) is 18.2 Å². The summed E-state index contributed by atoms with van der Waals surface area (Å²) >= 11 is 5.95. The van der Waals surface area contributed by atoms with Crippen LogP contribution < -0.4 is 14.4 Å². The predicted octanol–water partition coefficient (Wildman–Crippen LogP) is 4.72. The average molecular weight is 397 g/mol. The molecular weight excluding hydrogens is 380 g/mol. The molecule has 142 valence electrons. The Balaban J connectivity index is 1.75. The maximum Gasteiger partial charge on any atom is 0.233 e. The first-order valence-corrected chi connectivity index (χ1v) is 8.81. The van der Waals surface area contributed by atoms with Crippen LogP contribution in [0.3, 0.4) is 0 Å². The van der Waals surface area contributed by atoms with Crippen molar-refractivity contribution >= 4 is 34.2 Å². The monoisotopic (exact) mass is 396 g/mol. The lowest BCUT2D eigenvalue weighted by Crippen LogP contribution is -2.11. The standard InChI is InChI=1S/C20H17ClN4O3/c1-25(19-10-15(24-28-19)12-4-6-13(21)7-5-12)20-14-8-17(26-2)18(27-3)9-16(14)22-11-23-20/h4-11H,1-3H3. The molecule has 0 saturated heterocycles. The Morgan fingerprint density at radius 3 is 2.39 bits per heavy atom. The van der Waals surface area contributed by atoms with Crippen LogP contribution in [-0.4, -0.2) is 36.4 Å². The zero-order valence-electron chi connectivity index (χ0n) is 15.5. The number of aromatic nitrogens is 3. The van der Waals surface area contributed by atoms with Gasteiger partial charge in [-0.3, -0.25) is 4.90 Å². The van der Waals surface area contributed by atoms with Gasteiger partial charge in [0.25, 0.3) is 0 Å². The lowest BCUT2D eigenvalue weighted by atomic mass is 10.1. The molecule has 0 radical (unpaired) electrons. The van der Waals surface area contributed by atoms with Crippen molar-refractivity contribution in [1.82, 2.24) is 15.1 Å². The van der Waals surface area contributed by atoms with E-state index in [2.05, 4.69) is 15.1 Å². The third-order valence-corrected chi connectivity index (χ3v) is 4.66. The van der Waals surface area contributed by atoms with Gasteiger partial charge < -0.3 is 14.0 Å². The Hall–Kier alpha value is -3.32. The zero-order chi connectivity index (χ0) is 19.7. The van der Waals surface area contributed by atoms with Gasteiger partial charge in [0.05, 0.1) is 19.7 Å². The summed E-state index contributed by atoms with van der Waals surface area (Å²) in [6.07, 6.45) is 1.50. The van der Waals surface area contributed by atoms with Crippen LogP contribution in [0.15, 0.2) is 53.3 Å². The summed E-state index contributed by atoms with van der Waals surface area (Å²) in [5, 5.41) is 5.62. The molecule has 2 aromatic carbocycles. The Labute approximate surface area is 166 Å². The van der Waals surface area contributed by atoms with Gasteiger partial charge in [0.15, 0.2) is 11.5 Å². The quantitative estimate of drug-likeness (QED) is 0.483. The normalized spacial score (nSPS) is 10.9. The molecule has 7 nitrogen and oxygen atoms in total. The van der Waals surface area contributed by atoms with Gasteiger partial charge in [0.2, 0.25) is 5.88 Å². The molecule has 0 aliphatic carbocycles. The molecule has 0 amide bonds. The molecule has 0 saturated carbocycles. The molecule has 2 heterocycles. The fourth-order valence-corrected chi connectivity index (χ4v) is 3.05. The van der Waals surface area contributed by atoms with Crippen molar-refractivity contribution in [3.8, 4) is 22.8 Å². The molecule has 0 fully saturated rings. The first-order chi connectivity index (χ1) is 13.6. The van der Waals surface area contributed by atoms with Gasteiger partial charge in [-0.2, -0.15) is 0 Å². The largest absolute Gasteiger partial charge is 0.493 e. The second kappa shape index (κ2) is 7.36. The first kappa shape index (κ1) is 18.1. The molecular formula is C20H17ClN4O3. The van der Waals surface area contributed by atoms with Crippen LogP contribution in [0.4, 0.5) is 11.7 Å². The average Bonchev–Trinajstić information content (AvgIpc) is 3.22. The summed E-state index contributed by atoms with van der Waals surface area (Å²) < 4.78 is 16.3. The SMILES string of the molecule is COc1cc2ncnc(N(C)c3cc(-c4ccc(Cl)cc4)no3)c2cc1OC. The highest BCUT2D eigenvalue weighted by molar-refractivity contribution is 6.30. The molecule has 0 N–H and O–H groups in total. The molecule has 0 bridgehead atoms. The lowest BCUT2D eigenvalue weighted by Gasteiger charge is -2.17. The topological polar surface area (TPSA) is 73.5 Å². The number of methoxy groups -OCH3 is 2. The Morgan fingerprint density at radius 2 is 1.68 bits per heavy atom. The van der Waals surface area contributed by atoms with E-state index >= 15 is 0 Å². The minimum atomic E-state index is 0.541. The summed E-state index contributed by atoms with van der Waals surface area (Å²) in [4.78, 5) is 10.6. The molecule has 0 atom stereocenters. The first-order valence-electron chi connectivity index (χ1n) is 8.44. The van der Waals surface area contributed by atoms with E-state index in [0.29, 0.717) is 33.9 Å². The maximum atomic E-state index is 5.95. The number of halogens is 1. The zero-order valence-corrected chi connectivity index (χ0v) is 16.3. The smallest absolute Gasteiger partial charge is 0.233 e. The molecule has 0 unspecified atom stereocenters. The van der Waals surface area contributed by atoms with Crippen LogP contribution >= 0.6 is 11.6 Å². The number of hydrogen-bond donors (Lipinski definition) is 0. The van der Waals surface area contributed by atoms with Crippen molar-refractivity contribution in [2.24, 2.45) is 0 Å². The number of rotatable bonds is 5. The Bertz CT molecular complexity index is 1130. The minimum absolute atomic E-state index is 0.541. The second-order valence-electron chi connectivity index (χ2n) is 6.04. The van der Waals surface area contributed by atoms with Crippen LogP contribution in [-0.2, 0) is 0 Å². The van der Waals surface area contributed by atoms with E-state index < -0.39 is 0 Å². The highest BCUT2D eigenvalue weighted by atomic mass is 35.5. The van der Waals surface area contributed by atoms with Gasteiger partial charge in [-0.1, -0.05) is 28.9 Å². The molecule has 4 aromatic rings. The Morgan fingerprint density at radius 1 is 0.964 bits per heavy atom.